The SMILES string of the molecule is CCCc1nccn1-c1ncc(C)cc1[N+](=O)[O-]. The van der Waals surface area contributed by atoms with Crippen molar-refractivity contribution in [2.45, 2.75) is 26.7 Å². The summed E-state index contributed by atoms with van der Waals surface area (Å²) in [5.41, 5.74) is 0.771. The third kappa shape index (κ3) is 2.22. The van der Waals surface area contributed by atoms with Gasteiger partial charge in [-0.25, -0.2) is 9.97 Å². The second-order valence-corrected chi connectivity index (χ2v) is 4.08. The Bertz CT molecular complexity index is 577. The highest BCUT2D eigenvalue weighted by Gasteiger charge is 2.19. The van der Waals surface area contributed by atoms with E-state index in [0.29, 0.717) is 5.82 Å². The molecule has 0 atom stereocenters. The smallest absolute Gasteiger partial charge is 0.282 e. The normalized spacial score (nSPS) is 10.6. The molecule has 0 fully saturated rings. The number of nitrogens with zero attached hydrogens (tertiary/aromatic N) is 4. The summed E-state index contributed by atoms with van der Waals surface area (Å²) in [7, 11) is 0. The summed E-state index contributed by atoms with van der Waals surface area (Å²) in [5, 5.41) is 11.1. The molecule has 18 heavy (non-hydrogen) atoms. The minimum Gasteiger partial charge on any atom is -0.282 e. The van der Waals surface area contributed by atoms with Crippen LogP contribution in [-0.4, -0.2) is 19.5 Å². The van der Waals surface area contributed by atoms with E-state index < -0.39 is 4.92 Å². The van der Waals surface area contributed by atoms with Crippen LogP contribution in [0.2, 0.25) is 0 Å². The summed E-state index contributed by atoms with van der Waals surface area (Å²) in [5.74, 6) is 1.11. The molecule has 0 bridgehead atoms. The van der Waals surface area contributed by atoms with Gasteiger partial charge in [-0.3, -0.25) is 14.7 Å². The van der Waals surface area contributed by atoms with Crippen LogP contribution in [0.25, 0.3) is 5.82 Å². The molecule has 2 aromatic heterocycles. The van der Waals surface area contributed by atoms with E-state index in [0.717, 1.165) is 24.2 Å². The van der Waals surface area contributed by atoms with Crippen LogP contribution in [0.1, 0.15) is 24.7 Å². The van der Waals surface area contributed by atoms with Crippen molar-refractivity contribution >= 4 is 5.69 Å². The van der Waals surface area contributed by atoms with Gasteiger partial charge < -0.3 is 0 Å². The van der Waals surface area contributed by atoms with E-state index >= 15 is 0 Å². The lowest BCUT2D eigenvalue weighted by atomic mass is 10.2. The molecule has 0 amide bonds. The van der Waals surface area contributed by atoms with Crippen molar-refractivity contribution in [1.82, 2.24) is 14.5 Å². The first-order chi connectivity index (χ1) is 8.63. The Morgan fingerprint density at radius 2 is 2.22 bits per heavy atom. The highest BCUT2D eigenvalue weighted by Crippen LogP contribution is 2.22. The van der Waals surface area contributed by atoms with Gasteiger partial charge in [0.1, 0.15) is 5.82 Å². The van der Waals surface area contributed by atoms with Crippen LogP contribution in [0.3, 0.4) is 0 Å². The number of rotatable bonds is 4. The van der Waals surface area contributed by atoms with E-state index in [-0.39, 0.29) is 5.69 Å². The fraction of sp³-hybridized carbons (Fsp3) is 0.333. The number of hydrogen-bond acceptors (Lipinski definition) is 4. The molecule has 0 aliphatic rings. The van der Waals surface area contributed by atoms with E-state index in [1.807, 2.05) is 6.92 Å². The van der Waals surface area contributed by atoms with Gasteiger partial charge in [-0.2, -0.15) is 0 Å². The number of imidazole rings is 1. The van der Waals surface area contributed by atoms with Gasteiger partial charge >= 0.3 is 5.69 Å². The molecule has 0 spiro atoms. The lowest BCUT2D eigenvalue weighted by Crippen LogP contribution is -2.06. The van der Waals surface area contributed by atoms with Gasteiger partial charge in [0.05, 0.1) is 4.92 Å². The molecule has 0 N–H and O–H groups in total. The quantitative estimate of drug-likeness (QED) is 0.613. The van der Waals surface area contributed by atoms with Gasteiger partial charge in [-0.1, -0.05) is 6.92 Å². The number of aromatic nitrogens is 3. The van der Waals surface area contributed by atoms with Crippen molar-refractivity contribution in [1.29, 1.82) is 0 Å². The van der Waals surface area contributed by atoms with Crippen LogP contribution < -0.4 is 0 Å². The Morgan fingerprint density at radius 3 is 2.89 bits per heavy atom. The molecule has 0 aliphatic carbocycles. The van der Waals surface area contributed by atoms with E-state index in [9.17, 15) is 10.1 Å². The molecule has 2 rings (SSSR count). The number of hydrogen-bond donors (Lipinski definition) is 0. The van der Waals surface area contributed by atoms with Gasteiger partial charge in [0.25, 0.3) is 0 Å². The van der Waals surface area contributed by atoms with Crippen molar-refractivity contribution < 1.29 is 4.92 Å². The second-order valence-electron chi connectivity index (χ2n) is 4.08. The van der Waals surface area contributed by atoms with Crippen molar-refractivity contribution in [3.8, 4) is 5.82 Å². The maximum Gasteiger partial charge on any atom is 0.312 e. The minimum atomic E-state index is -0.412. The topological polar surface area (TPSA) is 73.8 Å². The van der Waals surface area contributed by atoms with Gasteiger partial charge in [-0.05, 0) is 18.9 Å². The predicted molar refractivity (Wildman–Crippen MR) is 66.7 cm³/mol. The second kappa shape index (κ2) is 4.95. The van der Waals surface area contributed by atoms with Crippen LogP contribution in [0, 0.1) is 17.0 Å². The highest BCUT2D eigenvalue weighted by atomic mass is 16.6. The van der Waals surface area contributed by atoms with Crippen LogP contribution in [0.4, 0.5) is 5.69 Å². The van der Waals surface area contributed by atoms with Crippen LogP contribution in [0.15, 0.2) is 24.7 Å². The number of pyridine rings is 1. The standard InChI is InChI=1S/C12H14N4O2/c1-3-4-11-13-5-6-15(11)12-10(16(17)18)7-9(2)8-14-12/h5-8H,3-4H2,1-2H3. The van der Waals surface area contributed by atoms with Crippen molar-refractivity contribution in [3.05, 3.63) is 46.2 Å². The van der Waals surface area contributed by atoms with Crippen LogP contribution in [0.5, 0.6) is 0 Å². The molecule has 0 aromatic carbocycles. The molecular formula is C12H14N4O2. The monoisotopic (exact) mass is 246 g/mol. The molecule has 0 saturated carbocycles. The molecular weight excluding hydrogens is 232 g/mol. The van der Waals surface area contributed by atoms with Gasteiger partial charge in [0, 0.05) is 31.1 Å². The van der Waals surface area contributed by atoms with E-state index in [4.69, 9.17) is 0 Å². The average molecular weight is 246 g/mol. The summed E-state index contributed by atoms with van der Waals surface area (Å²) in [6.45, 7) is 3.82. The first kappa shape index (κ1) is 12.2. The summed E-state index contributed by atoms with van der Waals surface area (Å²) < 4.78 is 1.68. The lowest BCUT2D eigenvalue weighted by molar-refractivity contribution is -0.384. The fourth-order valence-corrected chi connectivity index (χ4v) is 1.80. The Morgan fingerprint density at radius 1 is 1.44 bits per heavy atom. The Balaban J connectivity index is 2.56. The Labute approximate surface area is 104 Å². The van der Waals surface area contributed by atoms with Crippen molar-refractivity contribution in [3.63, 3.8) is 0 Å². The first-order valence-electron chi connectivity index (χ1n) is 5.77. The van der Waals surface area contributed by atoms with Gasteiger partial charge in [-0.15, -0.1) is 0 Å². The molecule has 0 radical (unpaired) electrons. The molecule has 0 saturated heterocycles. The van der Waals surface area contributed by atoms with E-state index in [1.54, 1.807) is 30.1 Å². The van der Waals surface area contributed by atoms with Crippen molar-refractivity contribution in [2.75, 3.05) is 0 Å². The molecule has 0 unspecified atom stereocenters. The minimum absolute atomic E-state index is 0.00496. The zero-order chi connectivity index (χ0) is 13.1. The highest BCUT2D eigenvalue weighted by molar-refractivity contribution is 5.48. The molecule has 6 heteroatoms. The van der Waals surface area contributed by atoms with E-state index in [1.165, 1.54) is 6.07 Å². The largest absolute Gasteiger partial charge is 0.312 e. The first-order valence-corrected chi connectivity index (χ1v) is 5.77. The number of aryl methyl sites for hydroxylation is 2. The van der Waals surface area contributed by atoms with Gasteiger partial charge in [0.2, 0.25) is 5.82 Å². The number of nitro groups is 1. The zero-order valence-corrected chi connectivity index (χ0v) is 10.3. The van der Waals surface area contributed by atoms with Gasteiger partial charge in [0.15, 0.2) is 0 Å². The molecule has 6 nitrogen and oxygen atoms in total. The summed E-state index contributed by atoms with van der Waals surface area (Å²) >= 11 is 0. The van der Waals surface area contributed by atoms with Crippen molar-refractivity contribution in [2.24, 2.45) is 0 Å². The Kier molecular flexibility index (Phi) is 3.36. The lowest BCUT2D eigenvalue weighted by Gasteiger charge is -2.07. The third-order valence-electron chi connectivity index (χ3n) is 2.60. The fourth-order valence-electron chi connectivity index (χ4n) is 1.80. The molecule has 94 valence electrons. The summed E-state index contributed by atoms with van der Waals surface area (Å²) in [4.78, 5) is 19.0. The van der Waals surface area contributed by atoms with E-state index in [2.05, 4.69) is 9.97 Å². The third-order valence-corrected chi connectivity index (χ3v) is 2.60. The van der Waals surface area contributed by atoms with Crippen LogP contribution in [-0.2, 0) is 6.42 Å². The Hall–Kier alpha value is -2.24. The van der Waals surface area contributed by atoms with Crippen LogP contribution >= 0.6 is 0 Å². The predicted octanol–water partition coefficient (Wildman–Crippen LogP) is 2.44. The summed E-state index contributed by atoms with van der Waals surface area (Å²) in [6.07, 6.45) is 6.65. The maximum absolute atomic E-state index is 11.1. The molecule has 2 aromatic rings. The average Bonchev–Trinajstić information content (AvgIpc) is 2.77. The summed E-state index contributed by atoms with van der Waals surface area (Å²) in [6, 6.07) is 1.53. The zero-order valence-electron chi connectivity index (χ0n) is 10.3. The molecule has 0 aliphatic heterocycles. The maximum atomic E-state index is 11.1. The molecule has 2 heterocycles.